The molecule has 10 rings (SSSR count). The summed E-state index contributed by atoms with van der Waals surface area (Å²) in [5.41, 5.74) is 6.65. The highest BCUT2D eigenvalue weighted by Crippen LogP contribution is 2.43. The lowest BCUT2D eigenvalue weighted by Crippen LogP contribution is -2.01. The third-order valence-corrected chi connectivity index (χ3v) is 9.52. The molecule has 0 aliphatic heterocycles. The zero-order chi connectivity index (χ0) is 32.3. The van der Waals surface area contributed by atoms with Crippen molar-refractivity contribution in [1.29, 1.82) is 0 Å². The van der Waals surface area contributed by atoms with Crippen LogP contribution in [-0.4, -0.2) is 15.0 Å². The largest absolute Gasteiger partial charge is 0.456 e. The molecule has 0 spiro atoms. The van der Waals surface area contributed by atoms with Gasteiger partial charge < -0.3 is 4.42 Å². The van der Waals surface area contributed by atoms with Crippen LogP contribution in [0.25, 0.3) is 99.5 Å². The zero-order valence-electron chi connectivity index (χ0n) is 26.3. The van der Waals surface area contributed by atoms with Gasteiger partial charge >= 0.3 is 0 Å². The van der Waals surface area contributed by atoms with Gasteiger partial charge in [0.2, 0.25) is 0 Å². The van der Waals surface area contributed by atoms with Gasteiger partial charge in [0.05, 0.1) is 0 Å². The van der Waals surface area contributed by atoms with E-state index in [-0.39, 0.29) is 0 Å². The Balaban J connectivity index is 1.28. The minimum absolute atomic E-state index is 0.601. The maximum atomic E-state index is 6.26. The van der Waals surface area contributed by atoms with Crippen LogP contribution >= 0.6 is 0 Å². The number of rotatable bonds is 4. The average Bonchev–Trinajstić information content (AvgIpc) is 3.56. The average molecular weight is 626 g/mol. The van der Waals surface area contributed by atoms with Gasteiger partial charge in [-0.1, -0.05) is 146 Å². The van der Waals surface area contributed by atoms with Gasteiger partial charge in [-0.05, 0) is 61.6 Å². The van der Waals surface area contributed by atoms with Gasteiger partial charge in [-0.3, -0.25) is 0 Å². The van der Waals surface area contributed by atoms with Crippen molar-refractivity contribution in [3.63, 3.8) is 0 Å². The van der Waals surface area contributed by atoms with Crippen molar-refractivity contribution in [2.75, 3.05) is 0 Å². The van der Waals surface area contributed by atoms with E-state index in [4.69, 9.17) is 19.4 Å². The van der Waals surface area contributed by atoms with Crippen molar-refractivity contribution in [2.24, 2.45) is 0 Å². The first-order valence-electron chi connectivity index (χ1n) is 16.5. The van der Waals surface area contributed by atoms with E-state index in [1.165, 1.54) is 37.9 Å². The lowest BCUT2D eigenvalue weighted by Gasteiger charge is -2.17. The van der Waals surface area contributed by atoms with E-state index in [0.29, 0.717) is 17.5 Å². The van der Waals surface area contributed by atoms with E-state index in [1.807, 2.05) is 60.7 Å². The Kier molecular flexibility index (Phi) is 6.15. The number of nitrogens with zero attached hydrogens (tertiary/aromatic N) is 3. The molecule has 4 heteroatoms. The molecule has 2 heterocycles. The molecule has 0 saturated carbocycles. The molecule has 0 radical (unpaired) electrons. The van der Waals surface area contributed by atoms with E-state index in [1.54, 1.807) is 0 Å². The Morgan fingerprint density at radius 2 is 0.959 bits per heavy atom. The van der Waals surface area contributed by atoms with Gasteiger partial charge in [0.15, 0.2) is 17.5 Å². The zero-order valence-corrected chi connectivity index (χ0v) is 26.3. The van der Waals surface area contributed by atoms with Crippen LogP contribution in [-0.2, 0) is 0 Å². The van der Waals surface area contributed by atoms with Crippen LogP contribution in [0, 0.1) is 0 Å². The molecule has 0 unspecified atom stereocenters. The first-order chi connectivity index (χ1) is 24.3. The van der Waals surface area contributed by atoms with Gasteiger partial charge in [0.25, 0.3) is 0 Å². The van der Waals surface area contributed by atoms with Crippen LogP contribution in [0.3, 0.4) is 0 Å². The molecule has 0 bridgehead atoms. The smallest absolute Gasteiger partial charge is 0.164 e. The Bertz CT molecular complexity index is 2890. The predicted molar refractivity (Wildman–Crippen MR) is 201 cm³/mol. The van der Waals surface area contributed by atoms with E-state index in [0.717, 1.165) is 44.2 Å². The number of hydrogen-bond acceptors (Lipinski definition) is 4. The van der Waals surface area contributed by atoms with Crippen molar-refractivity contribution in [2.45, 2.75) is 0 Å². The first-order valence-corrected chi connectivity index (χ1v) is 16.5. The van der Waals surface area contributed by atoms with Gasteiger partial charge in [-0.25, -0.2) is 15.0 Å². The van der Waals surface area contributed by atoms with E-state index in [9.17, 15) is 0 Å². The number of aromatic nitrogens is 3. The summed E-state index contributed by atoms with van der Waals surface area (Å²) < 4.78 is 6.26. The van der Waals surface area contributed by atoms with Crippen LogP contribution in [0.1, 0.15) is 0 Å². The van der Waals surface area contributed by atoms with Gasteiger partial charge in [-0.2, -0.15) is 0 Å². The van der Waals surface area contributed by atoms with Crippen molar-refractivity contribution >= 4 is 54.3 Å². The Hall–Kier alpha value is -6.65. The fourth-order valence-electron chi connectivity index (χ4n) is 7.30. The molecule has 228 valence electrons. The summed E-state index contributed by atoms with van der Waals surface area (Å²) in [7, 11) is 0. The van der Waals surface area contributed by atoms with E-state index >= 15 is 0 Å². The minimum atomic E-state index is 0.601. The van der Waals surface area contributed by atoms with Gasteiger partial charge in [-0.15, -0.1) is 0 Å². The third-order valence-electron chi connectivity index (χ3n) is 9.52. The molecule has 0 N–H and O–H groups in total. The summed E-state index contributed by atoms with van der Waals surface area (Å²) in [5.74, 6) is 1.84. The second kappa shape index (κ2) is 11.0. The molecule has 0 saturated heterocycles. The maximum Gasteiger partial charge on any atom is 0.164 e. The topological polar surface area (TPSA) is 51.8 Å². The quantitative estimate of drug-likeness (QED) is 0.144. The molecular weight excluding hydrogens is 599 g/mol. The van der Waals surface area contributed by atoms with Crippen LogP contribution < -0.4 is 0 Å². The third kappa shape index (κ3) is 4.42. The number of para-hydroxylation sites is 1. The Labute approximate surface area is 282 Å². The van der Waals surface area contributed by atoms with Crippen molar-refractivity contribution in [3.8, 4) is 45.3 Å². The van der Waals surface area contributed by atoms with Crippen molar-refractivity contribution in [1.82, 2.24) is 15.0 Å². The monoisotopic (exact) mass is 625 g/mol. The molecule has 10 aromatic rings. The first kappa shape index (κ1) is 27.5. The predicted octanol–water partition coefficient (Wildman–Crippen LogP) is 11.9. The highest BCUT2D eigenvalue weighted by molar-refractivity contribution is 6.21. The summed E-state index contributed by atoms with van der Waals surface area (Å²) in [6.07, 6.45) is 0. The highest BCUT2D eigenvalue weighted by atomic mass is 16.3. The molecule has 0 aliphatic carbocycles. The molecule has 0 fully saturated rings. The summed E-state index contributed by atoms with van der Waals surface area (Å²) in [4.78, 5) is 15.6. The molecule has 8 aromatic carbocycles. The number of hydrogen-bond donors (Lipinski definition) is 0. The standard InChI is InChI=1S/C45H27N3O/c1-2-14-29(15-3-1)43-46-44(48-45(47-43)37-22-12-24-40-42(37)36-21-10-11-23-39(36)49-40)35-20-9-8-19-33(35)41-32-18-7-5-16-30(32)27-38-31-17-6-4-13-28(31)25-26-34(38)41/h1-27H. The number of fused-ring (bicyclic) bond motifs is 7. The Morgan fingerprint density at radius 1 is 0.347 bits per heavy atom. The second-order valence-electron chi connectivity index (χ2n) is 12.3. The van der Waals surface area contributed by atoms with Crippen LogP contribution in [0.15, 0.2) is 168 Å². The highest BCUT2D eigenvalue weighted by Gasteiger charge is 2.21. The lowest BCUT2D eigenvalue weighted by molar-refractivity contribution is 0.669. The lowest BCUT2D eigenvalue weighted by atomic mass is 9.88. The summed E-state index contributed by atoms with van der Waals surface area (Å²) in [5, 5.41) is 9.28. The number of benzene rings is 8. The van der Waals surface area contributed by atoms with Gasteiger partial charge in [0.1, 0.15) is 11.2 Å². The maximum absolute atomic E-state index is 6.26. The molecule has 2 aromatic heterocycles. The second-order valence-corrected chi connectivity index (χ2v) is 12.3. The van der Waals surface area contributed by atoms with E-state index < -0.39 is 0 Å². The molecule has 0 aliphatic rings. The Morgan fingerprint density at radius 3 is 1.82 bits per heavy atom. The summed E-state index contributed by atoms with van der Waals surface area (Å²) in [6.45, 7) is 0. The fourth-order valence-corrected chi connectivity index (χ4v) is 7.30. The molecule has 0 atom stereocenters. The normalized spacial score (nSPS) is 11.7. The number of furan rings is 1. The molecule has 4 nitrogen and oxygen atoms in total. The van der Waals surface area contributed by atoms with Crippen LogP contribution in [0.2, 0.25) is 0 Å². The van der Waals surface area contributed by atoms with E-state index in [2.05, 4.69) is 103 Å². The van der Waals surface area contributed by atoms with Crippen molar-refractivity contribution < 1.29 is 4.42 Å². The summed E-state index contributed by atoms with van der Waals surface area (Å²) in [6, 6.07) is 56.9. The minimum Gasteiger partial charge on any atom is -0.456 e. The van der Waals surface area contributed by atoms with Crippen molar-refractivity contribution in [3.05, 3.63) is 164 Å². The fraction of sp³-hybridized carbons (Fsp3) is 0. The van der Waals surface area contributed by atoms with Crippen LogP contribution in [0.5, 0.6) is 0 Å². The van der Waals surface area contributed by atoms with Crippen LogP contribution in [0.4, 0.5) is 0 Å². The molecule has 0 amide bonds. The molecular formula is C45H27N3O. The summed E-state index contributed by atoms with van der Waals surface area (Å²) >= 11 is 0. The van der Waals surface area contributed by atoms with Gasteiger partial charge in [0, 0.05) is 27.5 Å². The molecule has 49 heavy (non-hydrogen) atoms. The SMILES string of the molecule is c1ccc(-c2nc(-c3ccccc3-c3c4ccccc4cc4c3ccc3ccccc34)nc(-c3cccc4oc5ccccc5c34)n2)cc1.